The molecule has 0 saturated carbocycles. The molecule has 0 heterocycles. The van der Waals surface area contributed by atoms with Crippen molar-refractivity contribution in [3.8, 4) is 0 Å². The number of hydrogen-bond acceptors (Lipinski definition) is 8. The van der Waals surface area contributed by atoms with Gasteiger partial charge in [0.05, 0.1) is 13.2 Å². The maximum Gasteiger partial charge on any atom is 0.472 e. The van der Waals surface area contributed by atoms with Crippen LogP contribution in [0.2, 0.25) is 0 Å². The number of unbranched alkanes of at least 4 members (excludes halogenated alkanes) is 23. The minimum atomic E-state index is -4.37. The van der Waals surface area contributed by atoms with E-state index >= 15 is 0 Å². The summed E-state index contributed by atoms with van der Waals surface area (Å²) in [5.41, 5.74) is 5.33. The molecule has 290 valence electrons. The molecule has 9 nitrogen and oxygen atoms in total. The first-order valence-corrected chi connectivity index (χ1v) is 21.7. The van der Waals surface area contributed by atoms with E-state index in [2.05, 4.69) is 26.0 Å². The molecule has 0 rings (SSSR count). The normalized spacial score (nSPS) is 13.5. The summed E-state index contributed by atoms with van der Waals surface area (Å²) in [6.07, 6.45) is 35.2. The molecular weight excluding hydrogens is 641 g/mol. The second-order valence-electron chi connectivity index (χ2n) is 13.5. The fourth-order valence-corrected chi connectivity index (χ4v) is 6.39. The molecule has 0 fully saturated rings. The van der Waals surface area contributed by atoms with Crippen LogP contribution in [0.3, 0.4) is 0 Å². The van der Waals surface area contributed by atoms with Crippen molar-refractivity contribution >= 4 is 19.8 Å². The molecule has 0 amide bonds. The molecule has 0 aliphatic carbocycles. The molecule has 0 aliphatic heterocycles. The van der Waals surface area contributed by atoms with Gasteiger partial charge in [0.15, 0.2) is 6.10 Å². The third kappa shape index (κ3) is 36.3. The predicted octanol–water partition coefficient (Wildman–Crippen LogP) is 11.1. The fraction of sp³-hybridized carbons (Fsp3) is 0.897. The lowest BCUT2D eigenvalue weighted by Gasteiger charge is -2.19. The van der Waals surface area contributed by atoms with Crippen molar-refractivity contribution < 1.29 is 37.6 Å². The molecule has 0 aromatic carbocycles. The third-order valence-corrected chi connectivity index (χ3v) is 9.64. The topological polar surface area (TPSA) is 134 Å². The van der Waals surface area contributed by atoms with Crippen molar-refractivity contribution in [2.45, 2.75) is 200 Å². The van der Waals surface area contributed by atoms with E-state index in [0.29, 0.717) is 6.42 Å². The number of hydrogen-bond donors (Lipinski definition) is 2. The first-order valence-electron chi connectivity index (χ1n) is 20.2. The van der Waals surface area contributed by atoms with Crippen LogP contribution >= 0.6 is 7.82 Å². The highest BCUT2D eigenvalue weighted by Crippen LogP contribution is 2.43. The molecule has 0 aliphatic rings. The largest absolute Gasteiger partial charge is 0.472 e. The summed E-state index contributed by atoms with van der Waals surface area (Å²) in [4.78, 5) is 34.7. The van der Waals surface area contributed by atoms with Crippen LogP contribution in [0, 0.1) is 0 Å². The van der Waals surface area contributed by atoms with Gasteiger partial charge in [-0.2, -0.15) is 0 Å². The van der Waals surface area contributed by atoms with E-state index in [1.54, 1.807) is 0 Å². The zero-order chi connectivity index (χ0) is 36.1. The van der Waals surface area contributed by atoms with Gasteiger partial charge in [-0.1, -0.05) is 154 Å². The number of phosphoric acid groups is 1. The number of allylic oxidation sites excluding steroid dienone is 2. The van der Waals surface area contributed by atoms with Gasteiger partial charge in [0, 0.05) is 19.4 Å². The number of carbonyl (C=O) groups is 2. The van der Waals surface area contributed by atoms with E-state index in [1.807, 2.05) is 0 Å². The Morgan fingerprint density at radius 3 is 1.45 bits per heavy atom. The highest BCUT2D eigenvalue weighted by molar-refractivity contribution is 7.47. The lowest BCUT2D eigenvalue weighted by Crippen LogP contribution is -2.29. The standard InChI is InChI=1S/C39H76NO8P/c1-3-5-7-9-11-13-15-17-19-21-23-25-27-29-31-38(41)45-35-37(36-47-49(43,44)46-34-33-40)48-39(42)32-30-28-26-24-22-20-18-16-14-12-10-8-6-4-2/h16,18,37H,3-15,17,19-36,40H2,1-2H3,(H,43,44)/b18-16-/t37-/m1/s1. The Labute approximate surface area is 300 Å². The predicted molar refractivity (Wildman–Crippen MR) is 201 cm³/mol. The van der Waals surface area contributed by atoms with Crippen LogP contribution < -0.4 is 5.73 Å². The molecule has 49 heavy (non-hydrogen) atoms. The fourth-order valence-electron chi connectivity index (χ4n) is 5.63. The molecule has 0 spiro atoms. The van der Waals surface area contributed by atoms with Gasteiger partial charge in [0.1, 0.15) is 6.61 Å². The highest BCUT2D eigenvalue weighted by atomic mass is 31.2. The Morgan fingerprint density at radius 1 is 0.592 bits per heavy atom. The van der Waals surface area contributed by atoms with Gasteiger partial charge in [0.25, 0.3) is 0 Å². The molecule has 2 atom stereocenters. The Bertz CT molecular complexity index is 825. The number of phosphoric ester groups is 1. The number of rotatable bonds is 38. The number of carbonyl (C=O) groups excluding carboxylic acids is 2. The van der Waals surface area contributed by atoms with Crippen LogP contribution in [0.4, 0.5) is 0 Å². The number of nitrogens with two attached hydrogens (primary N) is 1. The van der Waals surface area contributed by atoms with Crippen molar-refractivity contribution in [1.29, 1.82) is 0 Å². The second-order valence-corrected chi connectivity index (χ2v) is 15.0. The maximum atomic E-state index is 12.5. The summed E-state index contributed by atoms with van der Waals surface area (Å²) >= 11 is 0. The van der Waals surface area contributed by atoms with E-state index in [0.717, 1.165) is 51.4 Å². The SMILES string of the molecule is CCCCCCC/C=C\CCCCCCCC(=O)O[C@H](COC(=O)CCCCCCCCCCCCCCCC)COP(=O)(O)OCCN. The maximum absolute atomic E-state index is 12.5. The Hall–Kier alpha value is -1.25. The Balaban J connectivity index is 4.18. The molecular formula is C39H76NO8P. The summed E-state index contributed by atoms with van der Waals surface area (Å²) in [5.74, 6) is -0.831. The summed E-state index contributed by atoms with van der Waals surface area (Å²) in [5, 5.41) is 0. The van der Waals surface area contributed by atoms with Crippen LogP contribution in [-0.4, -0.2) is 49.3 Å². The van der Waals surface area contributed by atoms with Crippen molar-refractivity contribution in [2.75, 3.05) is 26.4 Å². The highest BCUT2D eigenvalue weighted by Gasteiger charge is 2.26. The molecule has 0 radical (unpaired) electrons. The van der Waals surface area contributed by atoms with Crippen LogP contribution in [0.1, 0.15) is 194 Å². The van der Waals surface area contributed by atoms with Gasteiger partial charge in [-0.15, -0.1) is 0 Å². The summed E-state index contributed by atoms with van der Waals surface area (Å²) in [6, 6.07) is 0. The van der Waals surface area contributed by atoms with E-state index < -0.39 is 26.5 Å². The van der Waals surface area contributed by atoms with E-state index in [9.17, 15) is 19.0 Å². The smallest absolute Gasteiger partial charge is 0.462 e. The minimum Gasteiger partial charge on any atom is -0.462 e. The molecule has 0 aromatic heterocycles. The van der Waals surface area contributed by atoms with Gasteiger partial charge in [-0.25, -0.2) is 4.57 Å². The average molecular weight is 718 g/mol. The quantitative estimate of drug-likeness (QED) is 0.0277. The van der Waals surface area contributed by atoms with Crippen LogP contribution in [0.15, 0.2) is 12.2 Å². The van der Waals surface area contributed by atoms with Crippen LogP contribution in [0.25, 0.3) is 0 Å². The van der Waals surface area contributed by atoms with E-state index in [-0.39, 0.29) is 38.6 Å². The molecule has 0 bridgehead atoms. The lowest BCUT2D eigenvalue weighted by atomic mass is 10.0. The van der Waals surface area contributed by atoms with Crippen LogP contribution in [0.5, 0.6) is 0 Å². The van der Waals surface area contributed by atoms with E-state index in [1.165, 1.54) is 109 Å². The number of esters is 2. The van der Waals surface area contributed by atoms with Crippen LogP contribution in [-0.2, 0) is 32.7 Å². The first kappa shape index (κ1) is 47.8. The summed E-state index contributed by atoms with van der Waals surface area (Å²) < 4.78 is 32.7. The first-order chi connectivity index (χ1) is 23.8. The van der Waals surface area contributed by atoms with Crippen molar-refractivity contribution in [2.24, 2.45) is 5.73 Å². The lowest BCUT2D eigenvalue weighted by molar-refractivity contribution is -0.161. The summed E-state index contributed by atoms with van der Waals surface area (Å²) in [6.45, 7) is 3.72. The second kappa shape index (κ2) is 36.5. The molecule has 3 N–H and O–H groups in total. The van der Waals surface area contributed by atoms with Gasteiger partial charge in [-0.05, 0) is 38.5 Å². The average Bonchev–Trinajstić information content (AvgIpc) is 3.08. The molecule has 0 saturated heterocycles. The van der Waals surface area contributed by atoms with Gasteiger partial charge < -0.3 is 20.1 Å². The molecule has 0 aromatic rings. The van der Waals surface area contributed by atoms with E-state index in [4.69, 9.17) is 24.3 Å². The van der Waals surface area contributed by atoms with Gasteiger partial charge in [0.2, 0.25) is 0 Å². The minimum absolute atomic E-state index is 0.0546. The number of ether oxygens (including phenoxy) is 2. The van der Waals surface area contributed by atoms with Crippen molar-refractivity contribution in [3.63, 3.8) is 0 Å². The Kier molecular flexibility index (Phi) is 35.6. The van der Waals surface area contributed by atoms with Crippen molar-refractivity contribution in [1.82, 2.24) is 0 Å². The monoisotopic (exact) mass is 718 g/mol. The Morgan fingerprint density at radius 2 is 1.00 bits per heavy atom. The zero-order valence-electron chi connectivity index (χ0n) is 31.7. The summed E-state index contributed by atoms with van der Waals surface area (Å²) in [7, 11) is -4.37. The van der Waals surface area contributed by atoms with Gasteiger partial charge in [-0.3, -0.25) is 18.6 Å². The van der Waals surface area contributed by atoms with Gasteiger partial charge >= 0.3 is 19.8 Å². The molecule has 1 unspecified atom stereocenters. The molecule has 10 heteroatoms. The zero-order valence-corrected chi connectivity index (χ0v) is 32.6. The van der Waals surface area contributed by atoms with Crippen molar-refractivity contribution in [3.05, 3.63) is 12.2 Å². The third-order valence-electron chi connectivity index (χ3n) is 8.65.